The van der Waals surface area contributed by atoms with Crippen LogP contribution in [0.15, 0.2) is 0 Å². The predicted octanol–water partition coefficient (Wildman–Crippen LogP) is 0.412. The fourth-order valence-electron chi connectivity index (χ4n) is 1.80. The number of aromatic nitrogens is 2. The number of anilines is 2. The Balaban J connectivity index is 0.00000200. The van der Waals surface area contributed by atoms with Gasteiger partial charge in [-0.25, -0.2) is 8.42 Å². The molecule has 1 atom stereocenters. The van der Waals surface area contributed by atoms with Crippen molar-refractivity contribution in [1.82, 2.24) is 15.5 Å². The maximum atomic E-state index is 11.7. The Morgan fingerprint density at radius 1 is 1.45 bits per heavy atom. The molecule has 0 aliphatic carbocycles. The van der Waals surface area contributed by atoms with Crippen molar-refractivity contribution >= 4 is 49.9 Å². The lowest BCUT2D eigenvalue weighted by Gasteiger charge is -2.08. The van der Waals surface area contributed by atoms with Gasteiger partial charge in [0.2, 0.25) is 26.2 Å². The van der Waals surface area contributed by atoms with Crippen LogP contribution in [0.1, 0.15) is 19.3 Å². The van der Waals surface area contributed by atoms with Crippen molar-refractivity contribution in [2.24, 2.45) is 0 Å². The number of halogens is 1. The number of amides is 1. The maximum absolute atomic E-state index is 11.7. The average molecular weight is 342 g/mol. The third kappa shape index (κ3) is 5.57. The molecule has 3 N–H and O–H groups in total. The van der Waals surface area contributed by atoms with Gasteiger partial charge in [-0.05, 0) is 19.4 Å². The molecule has 0 spiro atoms. The van der Waals surface area contributed by atoms with Crippen LogP contribution in [0.25, 0.3) is 0 Å². The molecule has 0 saturated carbocycles. The quantitative estimate of drug-likeness (QED) is 0.715. The van der Waals surface area contributed by atoms with Gasteiger partial charge in [-0.15, -0.1) is 22.6 Å². The number of sulfonamides is 1. The van der Waals surface area contributed by atoms with Gasteiger partial charge in [-0.2, -0.15) is 0 Å². The molecule has 1 unspecified atom stereocenters. The van der Waals surface area contributed by atoms with Crippen LogP contribution >= 0.6 is 23.7 Å². The molecule has 1 amide bonds. The summed E-state index contributed by atoms with van der Waals surface area (Å²) in [5.41, 5.74) is 0. The normalized spacial score (nSPS) is 18.4. The van der Waals surface area contributed by atoms with E-state index < -0.39 is 10.0 Å². The molecule has 2 heterocycles. The highest BCUT2D eigenvalue weighted by molar-refractivity contribution is 7.92. The van der Waals surface area contributed by atoms with E-state index in [1.54, 1.807) is 0 Å². The van der Waals surface area contributed by atoms with Crippen molar-refractivity contribution in [3.63, 3.8) is 0 Å². The van der Waals surface area contributed by atoms with Crippen molar-refractivity contribution < 1.29 is 13.2 Å². The summed E-state index contributed by atoms with van der Waals surface area (Å²) in [6.45, 7) is 0.944. The second-order valence-electron chi connectivity index (χ2n) is 4.33. The Morgan fingerprint density at radius 3 is 2.75 bits per heavy atom. The van der Waals surface area contributed by atoms with Crippen LogP contribution in [0.3, 0.4) is 0 Å². The Morgan fingerprint density at radius 2 is 2.15 bits per heavy atom. The van der Waals surface area contributed by atoms with E-state index in [9.17, 15) is 13.2 Å². The van der Waals surface area contributed by atoms with Crippen LogP contribution in [-0.2, 0) is 14.8 Å². The van der Waals surface area contributed by atoms with Crippen LogP contribution in [0.2, 0.25) is 0 Å². The Kier molecular flexibility index (Phi) is 6.11. The second-order valence-corrected chi connectivity index (χ2v) is 7.06. The average Bonchev–Trinajstić information content (AvgIpc) is 2.88. The molecule has 0 bridgehead atoms. The van der Waals surface area contributed by atoms with E-state index in [0.717, 1.165) is 37.0 Å². The van der Waals surface area contributed by atoms with Gasteiger partial charge < -0.3 is 10.6 Å². The van der Waals surface area contributed by atoms with Gasteiger partial charge in [-0.3, -0.25) is 9.52 Å². The minimum Gasteiger partial charge on any atom is -0.313 e. The molecular weight excluding hydrogens is 326 g/mol. The first-order valence-electron chi connectivity index (χ1n) is 5.77. The third-order valence-electron chi connectivity index (χ3n) is 2.54. The van der Waals surface area contributed by atoms with Gasteiger partial charge in [0.1, 0.15) is 0 Å². The van der Waals surface area contributed by atoms with Gasteiger partial charge in [0, 0.05) is 12.5 Å². The van der Waals surface area contributed by atoms with Gasteiger partial charge >= 0.3 is 0 Å². The SMILES string of the molecule is CS(=O)(=O)Nc1nnc(NC(=O)CC2CCCN2)s1.Cl. The van der Waals surface area contributed by atoms with E-state index in [-0.39, 0.29) is 34.6 Å². The topological polar surface area (TPSA) is 113 Å². The monoisotopic (exact) mass is 341 g/mol. The highest BCUT2D eigenvalue weighted by atomic mass is 35.5. The van der Waals surface area contributed by atoms with Gasteiger partial charge in [0.05, 0.1) is 6.26 Å². The highest BCUT2D eigenvalue weighted by Crippen LogP contribution is 2.21. The van der Waals surface area contributed by atoms with Crippen LogP contribution in [0, 0.1) is 0 Å². The molecule has 1 fully saturated rings. The fraction of sp³-hybridized carbons (Fsp3) is 0.667. The number of carbonyl (C=O) groups is 1. The van der Waals surface area contributed by atoms with Gasteiger partial charge in [-0.1, -0.05) is 11.3 Å². The van der Waals surface area contributed by atoms with E-state index in [1.807, 2.05) is 0 Å². The van der Waals surface area contributed by atoms with E-state index in [2.05, 4.69) is 25.6 Å². The summed E-state index contributed by atoms with van der Waals surface area (Å²) < 4.78 is 24.2. The van der Waals surface area contributed by atoms with Gasteiger partial charge in [0.25, 0.3) is 0 Å². The van der Waals surface area contributed by atoms with Crippen molar-refractivity contribution in [3.8, 4) is 0 Å². The summed E-state index contributed by atoms with van der Waals surface area (Å²) in [6, 6.07) is 0.210. The molecule has 1 aromatic heterocycles. The summed E-state index contributed by atoms with van der Waals surface area (Å²) in [5, 5.41) is 13.6. The maximum Gasteiger partial charge on any atom is 0.231 e. The molecule has 1 saturated heterocycles. The molecule has 0 radical (unpaired) electrons. The van der Waals surface area contributed by atoms with Crippen LogP contribution in [-0.4, -0.2) is 43.4 Å². The molecule has 1 aliphatic rings. The Bertz CT molecular complexity index is 556. The Labute approximate surface area is 127 Å². The van der Waals surface area contributed by atoms with Crippen LogP contribution in [0.5, 0.6) is 0 Å². The molecule has 20 heavy (non-hydrogen) atoms. The molecule has 2 rings (SSSR count). The summed E-state index contributed by atoms with van der Waals surface area (Å²) in [5.74, 6) is -0.151. The standard InChI is InChI=1S/C9H15N5O3S2.ClH/c1-19(16,17)14-9-13-12-8(18-9)11-7(15)5-6-3-2-4-10-6;/h6,10H,2-5H2,1H3,(H,13,14)(H,11,12,15);1H. The fourth-order valence-corrected chi connectivity index (χ4v) is 3.29. The van der Waals surface area contributed by atoms with E-state index >= 15 is 0 Å². The second kappa shape index (κ2) is 7.16. The molecule has 114 valence electrons. The summed E-state index contributed by atoms with van der Waals surface area (Å²) >= 11 is 0.981. The van der Waals surface area contributed by atoms with Crippen molar-refractivity contribution in [2.45, 2.75) is 25.3 Å². The lowest BCUT2D eigenvalue weighted by Crippen LogP contribution is -2.27. The predicted molar refractivity (Wildman–Crippen MR) is 79.9 cm³/mol. The number of rotatable bonds is 5. The minimum absolute atomic E-state index is 0. The smallest absolute Gasteiger partial charge is 0.231 e. The van der Waals surface area contributed by atoms with Crippen LogP contribution in [0.4, 0.5) is 10.3 Å². The zero-order valence-corrected chi connectivity index (χ0v) is 13.2. The molecule has 8 nitrogen and oxygen atoms in total. The summed E-state index contributed by atoms with van der Waals surface area (Å²) in [6.07, 6.45) is 3.48. The third-order valence-corrected chi connectivity index (χ3v) is 3.99. The first-order valence-corrected chi connectivity index (χ1v) is 8.48. The van der Waals surface area contributed by atoms with E-state index in [4.69, 9.17) is 0 Å². The zero-order chi connectivity index (χ0) is 13.9. The number of carbonyl (C=O) groups excluding carboxylic acids is 1. The summed E-state index contributed by atoms with van der Waals surface area (Å²) in [4.78, 5) is 11.7. The minimum atomic E-state index is -3.38. The Hall–Kier alpha value is -0.970. The van der Waals surface area contributed by atoms with Crippen LogP contribution < -0.4 is 15.4 Å². The van der Waals surface area contributed by atoms with E-state index in [1.165, 1.54) is 0 Å². The largest absolute Gasteiger partial charge is 0.313 e. The molecule has 1 aliphatic heterocycles. The number of nitrogens with one attached hydrogen (secondary N) is 3. The highest BCUT2D eigenvalue weighted by Gasteiger charge is 2.18. The number of hydrogen-bond acceptors (Lipinski definition) is 7. The lowest BCUT2D eigenvalue weighted by atomic mass is 10.1. The van der Waals surface area contributed by atoms with Crippen molar-refractivity contribution in [3.05, 3.63) is 0 Å². The number of hydrogen-bond donors (Lipinski definition) is 3. The van der Waals surface area contributed by atoms with Gasteiger partial charge in [0.15, 0.2) is 0 Å². The molecule has 1 aromatic rings. The number of nitrogens with zero attached hydrogens (tertiary/aromatic N) is 2. The zero-order valence-electron chi connectivity index (χ0n) is 10.7. The van der Waals surface area contributed by atoms with Crippen molar-refractivity contribution in [2.75, 3.05) is 22.8 Å². The van der Waals surface area contributed by atoms with E-state index in [0.29, 0.717) is 6.42 Å². The molecular formula is C9H16ClN5O3S2. The lowest BCUT2D eigenvalue weighted by molar-refractivity contribution is -0.116. The molecule has 0 aromatic carbocycles. The van der Waals surface area contributed by atoms with Crippen molar-refractivity contribution in [1.29, 1.82) is 0 Å². The first kappa shape index (κ1) is 17.1. The first-order chi connectivity index (χ1) is 8.92. The summed E-state index contributed by atoms with van der Waals surface area (Å²) in [7, 11) is -3.38. The molecule has 11 heteroatoms.